The van der Waals surface area contributed by atoms with Crippen LogP contribution in [-0.4, -0.2) is 35.6 Å². The van der Waals surface area contributed by atoms with Gasteiger partial charge in [0, 0.05) is 0 Å². The van der Waals surface area contributed by atoms with Crippen LogP contribution < -0.4 is 10.6 Å². The van der Waals surface area contributed by atoms with Crippen LogP contribution in [0, 0.1) is 11.7 Å². The zero-order valence-electron chi connectivity index (χ0n) is 12.4. The summed E-state index contributed by atoms with van der Waals surface area (Å²) in [7, 11) is 0. The second-order valence-electron chi connectivity index (χ2n) is 5.12. The highest BCUT2D eigenvalue weighted by molar-refractivity contribution is 5.83. The van der Waals surface area contributed by atoms with Crippen LogP contribution in [0.25, 0.3) is 0 Å². The number of rotatable bonds is 3. The number of nitrogens with one attached hydrogen (secondary N) is 2. The molecule has 10 heteroatoms. The molecule has 24 heavy (non-hydrogen) atoms. The lowest BCUT2D eigenvalue weighted by molar-refractivity contribution is -0.294. The highest BCUT2D eigenvalue weighted by Gasteiger charge is 2.67. The third kappa shape index (κ3) is 3.14. The molecule has 1 aliphatic rings. The standard InChI is InChI=1S/C14H14F4N2O4/c1-2-24-11(21)9-10(7-3-5-8(15)6-4-7)19-12(22)20-13(9,23)14(16,17)18/h3-6,9-10,23H,2H2,1H3,(H2,19,20,22)/t9-,10+,13+/m0/s1. The number of ether oxygens (including phenoxy) is 1. The minimum absolute atomic E-state index is 0.00646. The SMILES string of the molecule is CCOC(=O)[C@@H]1[C@@H](c2ccc(F)cc2)NC(=O)N[C@]1(O)C(F)(F)F. The molecular formula is C14H14F4N2O4. The topological polar surface area (TPSA) is 87.7 Å². The van der Waals surface area contributed by atoms with Crippen LogP contribution >= 0.6 is 0 Å². The van der Waals surface area contributed by atoms with Crippen molar-refractivity contribution in [2.24, 2.45) is 5.92 Å². The van der Waals surface area contributed by atoms with Crippen molar-refractivity contribution in [3.8, 4) is 0 Å². The number of benzene rings is 1. The van der Waals surface area contributed by atoms with Crippen LogP contribution in [0.1, 0.15) is 18.5 Å². The van der Waals surface area contributed by atoms with Gasteiger partial charge in [-0.3, -0.25) is 4.79 Å². The van der Waals surface area contributed by atoms with Gasteiger partial charge in [-0.25, -0.2) is 9.18 Å². The number of carbonyl (C=O) groups excluding carboxylic acids is 2. The number of aliphatic hydroxyl groups is 1. The van der Waals surface area contributed by atoms with E-state index in [2.05, 4.69) is 10.1 Å². The molecule has 0 aromatic heterocycles. The summed E-state index contributed by atoms with van der Waals surface area (Å²) in [6.07, 6.45) is -5.35. The molecule has 0 spiro atoms. The Labute approximate surface area is 133 Å². The molecule has 0 radical (unpaired) electrons. The highest BCUT2D eigenvalue weighted by atomic mass is 19.4. The molecule has 1 fully saturated rings. The van der Waals surface area contributed by atoms with Gasteiger partial charge in [-0.2, -0.15) is 13.2 Å². The fourth-order valence-corrected chi connectivity index (χ4v) is 2.48. The van der Waals surface area contributed by atoms with Crippen molar-refractivity contribution in [3.05, 3.63) is 35.6 Å². The largest absolute Gasteiger partial charge is 0.466 e. The molecule has 0 aliphatic carbocycles. The molecule has 132 valence electrons. The highest BCUT2D eigenvalue weighted by Crippen LogP contribution is 2.43. The minimum atomic E-state index is -5.35. The Balaban J connectivity index is 2.55. The van der Waals surface area contributed by atoms with Crippen molar-refractivity contribution in [3.63, 3.8) is 0 Å². The Hall–Kier alpha value is -2.36. The van der Waals surface area contributed by atoms with E-state index in [0.29, 0.717) is 0 Å². The monoisotopic (exact) mass is 350 g/mol. The van der Waals surface area contributed by atoms with Crippen LogP contribution in [0.5, 0.6) is 0 Å². The van der Waals surface area contributed by atoms with E-state index >= 15 is 0 Å². The van der Waals surface area contributed by atoms with Gasteiger partial charge >= 0.3 is 18.2 Å². The first kappa shape index (κ1) is 18.0. The molecule has 1 aliphatic heterocycles. The minimum Gasteiger partial charge on any atom is -0.466 e. The molecule has 2 amide bonds. The van der Waals surface area contributed by atoms with E-state index in [4.69, 9.17) is 0 Å². The van der Waals surface area contributed by atoms with Crippen molar-refractivity contribution in [2.75, 3.05) is 6.61 Å². The van der Waals surface area contributed by atoms with Gasteiger partial charge in [-0.15, -0.1) is 0 Å². The van der Waals surface area contributed by atoms with Gasteiger partial charge in [0.1, 0.15) is 11.7 Å². The molecule has 1 aromatic rings. The van der Waals surface area contributed by atoms with Crippen LogP contribution in [-0.2, 0) is 9.53 Å². The van der Waals surface area contributed by atoms with E-state index in [9.17, 15) is 32.3 Å². The third-order valence-electron chi connectivity index (χ3n) is 3.58. The fraction of sp³-hybridized carbons (Fsp3) is 0.429. The number of alkyl halides is 3. The number of hydrogen-bond acceptors (Lipinski definition) is 4. The van der Waals surface area contributed by atoms with Crippen LogP contribution in [0.15, 0.2) is 24.3 Å². The molecule has 2 rings (SSSR count). The van der Waals surface area contributed by atoms with Crippen molar-refractivity contribution >= 4 is 12.0 Å². The zero-order chi connectivity index (χ0) is 18.1. The summed E-state index contributed by atoms with van der Waals surface area (Å²) in [4.78, 5) is 23.7. The first-order valence-electron chi connectivity index (χ1n) is 6.90. The molecule has 0 bridgehead atoms. The number of amides is 2. The summed E-state index contributed by atoms with van der Waals surface area (Å²) in [5.41, 5.74) is -3.83. The van der Waals surface area contributed by atoms with E-state index in [0.717, 1.165) is 24.3 Å². The van der Waals surface area contributed by atoms with Gasteiger partial charge in [-0.05, 0) is 24.6 Å². The Morgan fingerprint density at radius 2 is 1.92 bits per heavy atom. The lowest BCUT2D eigenvalue weighted by Gasteiger charge is -2.44. The number of halogens is 4. The number of hydrogen-bond donors (Lipinski definition) is 3. The van der Waals surface area contributed by atoms with Gasteiger partial charge in [0.2, 0.25) is 0 Å². The first-order chi connectivity index (χ1) is 11.1. The van der Waals surface area contributed by atoms with Crippen LogP contribution in [0.2, 0.25) is 0 Å². The van der Waals surface area contributed by atoms with E-state index in [1.54, 1.807) is 0 Å². The fourth-order valence-electron chi connectivity index (χ4n) is 2.48. The van der Waals surface area contributed by atoms with E-state index in [1.807, 2.05) is 0 Å². The lowest BCUT2D eigenvalue weighted by Crippen LogP contribution is -2.73. The average Bonchev–Trinajstić information content (AvgIpc) is 2.46. The molecule has 3 atom stereocenters. The summed E-state index contributed by atoms with van der Waals surface area (Å²) in [6, 6.07) is 1.23. The molecule has 1 saturated heterocycles. The lowest BCUT2D eigenvalue weighted by atomic mass is 9.82. The van der Waals surface area contributed by atoms with Gasteiger partial charge in [-0.1, -0.05) is 12.1 Å². The van der Waals surface area contributed by atoms with Crippen molar-refractivity contribution in [1.29, 1.82) is 0 Å². The number of urea groups is 1. The van der Waals surface area contributed by atoms with Gasteiger partial charge in [0.25, 0.3) is 5.72 Å². The maximum Gasteiger partial charge on any atom is 0.437 e. The summed E-state index contributed by atoms with van der Waals surface area (Å²) >= 11 is 0. The molecular weight excluding hydrogens is 336 g/mol. The summed E-state index contributed by atoms with van der Waals surface area (Å²) in [5.74, 6) is -4.24. The van der Waals surface area contributed by atoms with Crippen molar-refractivity contribution < 1.29 is 37.0 Å². The Kier molecular flexibility index (Phi) is 4.70. The van der Waals surface area contributed by atoms with Gasteiger partial charge in [0.05, 0.1) is 12.6 Å². The summed E-state index contributed by atoms with van der Waals surface area (Å²) in [5, 5.41) is 13.5. The number of carbonyl (C=O) groups is 2. The van der Waals surface area contributed by atoms with Crippen molar-refractivity contribution in [1.82, 2.24) is 10.6 Å². The smallest absolute Gasteiger partial charge is 0.437 e. The Bertz CT molecular complexity index is 635. The van der Waals surface area contributed by atoms with Crippen LogP contribution in [0.3, 0.4) is 0 Å². The molecule has 0 unspecified atom stereocenters. The maximum atomic E-state index is 13.3. The molecule has 1 heterocycles. The second kappa shape index (κ2) is 6.27. The number of esters is 1. The van der Waals surface area contributed by atoms with E-state index in [1.165, 1.54) is 12.2 Å². The molecule has 1 aromatic carbocycles. The quantitative estimate of drug-likeness (QED) is 0.571. The molecule has 3 N–H and O–H groups in total. The average molecular weight is 350 g/mol. The van der Waals surface area contributed by atoms with Crippen molar-refractivity contribution in [2.45, 2.75) is 24.9 Å². The normalized spacial score (nSPS) is 27.2. The molecule has 0 saturated carbocycles. The summed E-state index contributed by atoms with van der Waals surface area (Å²) in [6.45, 7) is 1.15. The molecule has 6 nitrogen and oxygen atoms in total. The Morgan fingerprint density at radius 1 is 1.33 bits per heavy atom. The van der Waals surface area contributed by atoms with Crippen LogP contribution in [0.4, 0.5) is 22.4 Å². The van der Waals surface area contributed by atoms with Gasteiger partial charge < -0.3 is 20.5 Å². The Morgan fingerprint density at radius 3 is 2.42 bits per heavy atom. The predicted octanol–water partition coefficient (Wildman–Crippen LogP) is 1.61. The predicted molar refractivity (Wildman–Crippen MR) is 71.9 cm³/mol. The van der Waals surface area contributed by atoms with E-state index < -0.39 is 41.7 Å². The van der Waals surface area contributed by atoms with E-state index in [-0.39, 0.29) is 12.2 Å². The maximum absolute atomic E-state index is 13.3. The van der Waals surface area contributed by atoms with Gasteiger partial charge in [0.15, 0.2) is 0 Å². The second-order valence-corrected chi connectivity index (χ2v) is 5.12. The first-order valence-corrected chi connectivity index (χ1v) is 6.90. The summed E-state index contributed by atoms with van der Waals surface area (Å²) < 4.78 is 57.7. The zero-order valence-corrected chi connectivity index (χ0v) is 12.4. The third-order valence-corrected chi connectivity index (χ3v) is 3.58.